The Morgan fingerprint density at radius 1 is 1.22 bits per heavy atom. The molecule has 0 bridgehead atoms. The first kappa shape index (κ1) is 14.3. The molecule has 1 saturated heterocycles. The second-order valence-corrected chi connectivity index (χ2v) is 6.96. The van der Waals surface area contributed by atoms with Crippen molar-refractivity contribution in [3.8, 4) is 0 Å². The molecule has 1 saturated carbocycles. The lowest BCUT2D eigenvalue weighted by Crippen LogP contribution is -2.66. The first-order chi connectivity index (χ1) is 8.51. The van der Waals surface area contributed by atoms with E-state index in [1.165, 1.54) is 38.8 Å². The highest BCUT2D eigenvalue weighted by Gasteiger charge is 2.47. The van der Waals surface area contributed by atoms with E-state index < -0.39 is 0 Å². The van der Waals surface area contributed by atoms with Gasteiger partial charge in [0.25, 0.3) is 0 Å². The molecule has 4 atom stereocenters. The average Bonchev–Trinajstić information content (AvgIpc) is 3.21. The van der Waals surface area contributed by atoms with Crippen LogP contribution in [0.25, 0.3) is 0 Å². The number of rotatable bonds is 5. The second-order valence-electron chi connectivity index (χ2n) is 6.96. The van der Waals surface area contributed by atoms with Crippen molar-refractivity contribution in [2.45, 2.75) is 77.9 Å². The fraction of sp³-hybridized carbons (Fsp3) is 1.00. The number of hydrogen-bond acceptors (Lipinski definition) is 2. The van der Waals surface area contributed by atoms with Gasteiger partial charge in [-0.3, -0.25) is 4.90 Å². The van der Waals surface area contributed by atoms with Gasteiger partial charge in [-0.1, -0.05) is 27.2 Å². The Hall–Kier alpha value is -0.0800. The zero-order valence-corrected chi connectivity index (χ0v) is 13.0. The van der Waals surface area contributed by atoms with Crippen LogP contribution < -0.4 is 5.32 Å². The predicted octanol–water partition coefficient (Wildman–Crippen LogP) is 3.27. The van der Waals surface area contributed by atoms with Crippen LogP contribution in [0.15, 0.2) is 0 Å². The SMILES string of the molecule is CCC(C)C1CNC(C)(C2CC2)CN1C(C)CC. The van der Waals surface area contributed by atoms with E-state index in [0.29, 0.717) is 5.54 Å². The lowest BCUT2D eigenvalue weighted by molar-refractivity contribution is 0.0182. The van der Waals surface area contributed by atoms with E-state index in [9.17, 15) is 0 Å². The lowest BCUT2D eigenvalue weighted by Gasteiger charge is -2.51. The Labute approximate surface area is 114 Å². The van der Waals surface area contributed by atoms with Gasteiger partial charge in [-0.2, -0.15) is 0 Å². The topological polar surface area (TPSA) is 15.3 Å². The van der Waals surface area contributed by atoms with E-state index >= 15 is 0 Å². The zero-order chi connectivity index (χ0) is 13.3. The van der Waals surface area contributed by atoms with Crippen molar-refractivity contribution in [2.75, 3.05) is 13.1 Å². The van der Waals surface area contributed by atoms with Crippen molar-refractivity contribution in [3.63, 3.8) is 0 Å². The van der Waals surface area contributed by atoms with Crippen LogP contribution >= 0.6 is 0 Å². The fourth-order valence-electron chi connectivity index (χ4n) is 3.52. The summed E-state index contributed by atoms with van der Waals surface area (Å²) in [5, 5.41) is 3.89. The molecule has 106 valence electrons. The molecule has 0 aromatic heterocycles. The monoisotopic (exact) mass is 252 g/mol. The van der Waals surface area contributed by atoms with Crippen LogP contribution in [-0.2, 0) is 0 Å². The molecule has 0 spiro atoms. The molecular weight excluding hydrogens is 220 g/mol. The number of nitrogens with zero attached hydrogens (tertiary/aromatic N) is 1. The molecular formula is C16H32N2. The van der Waals surface area contributed by atoms with E-state index in [2.05, 4.69) is 44.8 Å². The maximum atomic E-state index is 3.89. The maximum absolute atomic E-state index is 3.89. The van der Waals surface area contributed by atoms with Gasteiger partial charge >= 0.3 is 0 Å². The number of piperazine rings is 1. The first-order valence-electron chi connectivity index (χ1n) is 8.02. The molecule has 2 fully saturated rings. The molecule has 18 heavy (non-hydrogen) atoms. The minimum atomic E-state index is 0.382. The molecule has 2 aliphatic rings. The van der Waals surface area contributed by atoms with Crippen LogP contribution in [0.5, 0.6) is 0 Å². The molecule has 0 aromatic rings. The molecule has 4 unspecified atom stereocenters. The maximum Gasteiger partial charge on any atom is 0.0309 e. The summed E-state index contributed by atoms with van der Waals surface area (Å²) in [5.41, 5.74) is 0.382. The highest BCUT2D eigenvalue weighted by Crippen LogP contribution is 2.42. The van der Waals surface area contributed by atoms with Crippen molar-refractivity contribution < 1.29 is 0 Å². The summed E-state index contributed by atoms with van der Waals surface area (Å²) in [7, 11) is 0. The quantitative estimate of drug-likeness (QED) is 0.808. The summed E-state index contributed by atoms with van der Waals surface area (Å²) in [6.07, 6.45) is 5.44. The van der Waals surface area contributed by atoms with Crippen molar-refractivity contribution in [1.29, 1.82) is 0 Å². The van der Waals surface area contributed by atoms with Gasteiger partial charge in [0, 0.05) is 30.7 Å². The number of hydrogen-bond donors (Lipinski definition) is 1. The predicted molar refractivity (Wildman–Crippen MR) is 78.8 cm³/mol. The zero-order valence-electron chi connectivity index (χ0n) is 13.0. The Balaban J connectivity index is 2.09. The molecule has 1 heterocycles. The summed E-state index contributed by atoms with van der Waals surface area (Å²) < 4.78 is 0. The molecule has 0 aromatic carbocycles. The summed E-state index contributed by atoms with van der Waals surface area (Å²) in [5.74, 6) is 1.73. The van der Waals surface area contributed by atoms with Gasteiger partial charge in [0.1, 0.15) is 0 Å². The van der Waals surface area contributed by atoms with Gasteiger partial charge in [0.15, 0.2) is 0 Å². The first-order valence-corrected chi connectivity index (χ1v) is 8.02. The minimum absolute atomic E-state index is 0.382. The summed E-state index contributed by atoms with van der Waals surface area (Å²) >= 11 is 0. The van der Waals surface area contributed by atoms with Crippen LogP contribution in [-0.4, -0.2) is 35.6 Å². The highest BCUT2D eigenvalue weighted by atomic mass is 15.3. The van der Waals surface area contributed by atoms with Gasteiger partial charge in [0.05, 0.1) is 0 Å². The Bertz CT molecular complexity index is 274. The smallest absolute Gasteiger partial charge is 0.0309 e. The van der Waals surface area contributed by atoms with Gasteiger partial charge in [-0.25, -0.2) is 0 Å². The molecule has 1 N–H and O–H groups in total. The van der Waals surface area contributed by atoms with Crippen molar-refractivity contribution in [3.05, 3.63) is 0 Å². The Morgan fingerprint density at radius 3 is 2.39 bits per heavy atom. The van der Waals surface area contributed by atoms with Gasteiger partial charge in [-0.15, -0.1) is 0 Å². The third-order valence-electron chi connectivity index (χ3n) is 5.59. The van der Waals surface area contributed by atoms with Crippen LogP contribution in [0.1, 0.15) is 60.3 Å². The van der Waals surface area contributed by atoms with E-state index in [4.69, 9.17) is 0 Å². The largest absolute Gasteiger partial charge is 0.308 e. The third kappa shape index (κ3) is 2.75. The standard InChI is InChI=1S/C16H32N2/c1-6-12(3)15-10-17-16(5,14-8-9-14)11-18(15)13(4)7-2/h12-15,17H,6-11H2,1-5H3. The van der Waals surface area contributed by atoms with E-state index in [1.54, 1.807) is 0 Å². The molecule has 0 amide bonds. The van der Waals surface area contributed by atoms with E-state index in [1.807, 2.05) is 0 Å². The summed E-state index contributed by atoms with van der Waals surface area (Å²) in [6.45, 7) is 14.4. The van der Waals surface area contributed by atoms with Gasteiger partial charge in [0.2, 0.25) is 0 Å². The van der Waals surface area contributed by atoms with Crippen molar-refractivity contribution >= 4 is 0 Å². The Morgan fingerprint density at radius 2 is 1.89 bits per heavy atom. The van der Waals surface area contributed by atoms with Crippen LogP contribution in [0.4, 0.5) is 0 Å². The summed E-state index contributed by atoms with van der Waals surface area (Å²) in [6, 6.07) is 1.46. The number of nitrogens with one attached hydrogen (secondary N) is 1. The molecule has 2 rings (SSSR count). The van der Waals surface area contributed by atoms with Gasteiger partial charge in [-0.05, 0) is 44.9 Å². The fourth-order valence-corrected chi connectivity index (χ4v) is 3.52. The molecule has 0 radical (unpaired) electrons. The minimum Gasteiger partial charge on any atom is -0.308 e. The average molecular weight is 252 g/mol. The van der Waals surface area contributed by atoms with E-state index in [-0.39, 0.29) is 0 Å². The summed E-state index contributed by atoms with van der Waals surface area (Å²) in [4.78, 5) is 2.81. The van der Waals surface area contributed by atoms with Gasteiger partial charge < -0.3 is 5.32 Å². The molecule has 1 aliphatic heterocycles. The molecule has 2 nitrogen and oxygen atoms in total. The van der Waals surface area contributed by atoms with Crippen molar-refractivity contribution in [2.24, 2.45) is 11.8 Å². The lowest BCUT2D eigenvalue weighted by atomic mass is 9.85. The van der Waals surface area contributed by atoms with Crippen LogP contribution in [0.3, 0.4) is 0 Å². The van der Waals surface area contributed by atoms with Crippen LogP contribution in [0.2, 0.25) is 0 Å². The third-order valence-corrected chi connectivity index (χ3v) is 5.59. The Kier molecular flexibility index (Phi) is 4.38. The molecule has 2 heteroatoms. The second kappa shape index (κ2) is 5.50. The highest BCUT2D eigenvalue weighted by molar-refractivity contribution is 5.05. The van der Waals surface area contributed by atoms with E-state index in [0.717, 1.165) is 23.9 Å². The van der Waals surface area contributed by atoms with Crippen molar-refractivity contribution in [1.82, 2.24) is 10.2 Å². The van der Waals surface area contributed by atoms with Crippen LogP contribution in [0, 0.1) is 11.8 Å². The normalized spacial score (nSPS) is 37.5. The molecule has 1 aliphatic carbocycles.